The Morgan fingerprint density at radius 2 is 2.11 bits per heavy atom. The summed E-state index contributed by atoms with van der Waals surface area (Å²) in [4.78, 5) is 11.5. The van der Waals surface area contributed by atoms with Gasteiger partial charge in [0.15, 0.2) is 0 Å². The summed E-state index contributed by atoms with van der Waals surface area (Å²) in [7, 11) is 0. The monoisotopic (exact) mass is 280 g/mol. The number of nitrogens with one attached hydrogen (secondary N) is 1. The predicted octanol–water partition coefficient (Wildman–Crippen LogP) is 1.62. The third-order valence-electron chi connectivity index (χ3n) is 4.19. The summed E-state index contributed by atoms with van der Waals surface area (Å²) in [6.07, 6.45) is 1.19. The Morgan fingerprint density at radius 1 is 1.32 bits per heavy atom. The van der Waals surface area contributed by atoms with Crippen LogP contribution in [0.2, 0.25) is 0 Å². The van der Waals surface area contributed by atoms with E-state index in [2.05, 4.69) is 29.0 Å². The van der Waals surface area contributed by atoms with Crippen molar-refractivity contribution in [2.45, 2.75) is 32.9 Å². The molecule has 106 valence electrons. The molecule has 2 bridgehead atoms. The molecule has 3 fully saturated rings. The van der Waals surface area contributed by atoms with Crippen molar-refractivity contribution in [1.82, 2.24) is 20.1 Å². The van der Waals surface area contributed by atoms with Gasteiger partial charge >= 0.3 is 0 Å². The molecule has 0 saturated carbocycles. The number of hydrogen-bond acceptors (Lipinski definition) is 5. The van der Waals surface area contributed by atoms with Crippen LogP contribution in [0.5, 0.6) is 0 Å². The summed E-state index contributed by atoms with van der Waals surface area (Å²) < 4.78 is 0. The van der Waals surface area contributed by atoms with Gasteiger partial charge in [-0.1, -0.05) is 6.92 Å². The zero-order chi connectivity index (χ0) is 13.2. The highest BCUT2D eigenvalue weighted by molar-refractivity contribution is 7.11. The van der Waals surface area contributed by atoms with Gasteiger partial charge in [0.1, 0.15) is 5.01 Å². The molecule has 1 aromatic heterocycles. The van der Waals surface area contributed by atoms with Crippen molar-refractivity contribution in [3.63, 3.8) is 0 Å². The van der Waals surface area contributed by atoms with Gasteiger partial charge in [0, 0.05) is 44.1 Å². The van der Waals surface area contributed by atoms with Crippen molar-refractivity contribution in [3.05, 3.63) is 15.6 Å². The molecule has 3 saturated heterocycles. The molecule has 4 nitrogen and oxygen atoms in total. The minimum atomic E-state index is 0.547. The van der Waals surface area contributed by atoms with Crippen molar-refractivity contribution >= 4 is 11.3 Å². The maximum atomic E-state index is 4.84. The highest BCUT2D eigenvalue weighted by atomic mass is 32.1. The molecule has 0 aliphatic carbocycles. The van der Waals surface area contributed by atoms with E-state index < -0.39 is 0 Å². The highest BCUT2D eigenvalue weighted by Crippen LogP contribution is 2.32. The fourth-order valence-electron chi connectivity index (χ4n) is 2.99. The first kappa shape index (κ1) is 13.5. The van der Waals surface area contributed by atoms with Crippen molar-refractivity contribution < 1.29 is 0 Å². The second kappa shape index (κ2) is 5.87. The minimum absolute atomic E-state index is 0.547. The van der Waals surface area contributed by atoms with Crippen LogP contribution in [-0.4, -0.2) is 54.1 Å². The Balaban J connectivity index is 1.69. The lowest BCUT2D eigenvalue weighted by molar-refractivity contribution is 0.0122. The van der Waals surface area contributed by atoms with Crippen molar-refractivity contribution in [3.8, 4) is 0 Å². The number of aromatic nitrogens is 1. The lowest BCUT2D eigenvalue weighted by Gasteiger charge is -2.46. The summed E-state index contributed by atoms with van der Waals surface area (Å²) in [5.74, 6) is 0. The molecule has 1 atom stereocenters. The molecule has 19 heavy (non-hydrogen) atoms. The van der Waals surface area contributed by atoms with Crippen molar-refractivity contribution in [2.24, 2.45) is 0 Å². The Labute approximate surface area is 119 Å². The molecule has 3 aliphatic heterocycles. The largest absolute Gasteiger partial charge is 0.312 e. The van der Waals surface area contributed by atoms with E-state index >= 15 is 0 Å². The lowest BCUT2D eigenvalue weighted by atomic mass is 10.1. The number of nitrogens with zero attached hydrogens (tertiary/aromatic N) is 3. The number of rotatable bonds is 5. The van der Waals surface area contributed by atoms with E-state index in [9.17, 15) is 0 Å². The van der Waals surface area contributed by atoms with Gasteiger partial charge in [0.25, 0.3) is 0 Å². The quantitative estimate of drug-likeness (QED) is 0.831. The fraction of sp³-hybridized carbons (Fsp3) is 0.786. The summed E-state index contributed by atoms with van der Waals surface area (Å²) in [6, 6.07) is 0.547. The van der Waals surface area contributed by atoms with Crippen LogP contribution in [0.3, 0.4) is 0 Å². The average molecular weight is 280 g/mol. The molecule has 1 N–H and O–H groups in total. The van der Waals surface area contributed by atoms with E-state index in [-0.39, 0.29) is 0 Å². The number of hydrogen-bond donors (Lipinski definition) is 1. The highest BCUT2D eigenvalue weighted by Gasteiger charge is 2.34. The molecule has 5 heteroatoms. The SMILES string of the molecule is CCCNCc1sc(C2CN3CCN2CC3)nc1C. The van der Waals surface area contributed by atoms with Crippen LogP contribution in [0.4, 0.5) is 0 Å². The van der Waals surface area contributed by atoms with Gasteiger partial charge in [-0.25, -0.2) is 4.98 Å². The van der Waals surface area contributed by atoms with E-state index in [4.69, 9.17) is 4.98 Å². The molecule has 0 radical (unpaired) electrons. The van der Waals surface area contributed by atoms with Gasteiger partial charge in [-0.15, -0.1) is 11.3 Å². The summed E-state index contributed by atoms with van der Waals surface area (Å²) in [6.45, 7) is 12.5. The van der Waals surface area contributed by atoms with Crippen LogP contribution in [0.25, 0.3) is 0 Å². The third kappa shape index (κ3) is 2.84. The van der Waals surface area contributed by atoms with E-state index in [1.54, 1.807) is 0 Å². The maximum absolute atomic E-state index is 4.84. The van der Waals surface area contributed by atoms with Crippen LogP contribution in [0.1, 0.15) is 35.0 Å². The van der Waals surface area contributed by atoms with Gasteiger partial charge in [0.2, 0.25) is 0 Å². The summed E-state index contributed by atoms with van der Waals surface area (Å²) >= 11 is 1.91. The summed E-state index contributed by atoms with van der Waals surface area (Å²) in [5.41, 5.74) is 1.22. The van der Waals surface area contributed by atoms with Gasteiger partial charge < -0.3 is 5.32 Å². The maximum Gasteiger partial charge on any atom is 0.112 e. The molecule has 0 amide bonds. The second-order valence-electron chi connectivity index (χ2n) is 5.59. The lowest BCUT2D eigenvalue weighted by Crippen LogP contribution is -2.56. The molecular formula is C14H24N4S. The second-order valence-corrected chi connectivity index (χ2v) is 6.71. The first-order valence-electron chi connectivity index (χ1n) is 7.41. The normalized spacial score (nSPS) is 29.9. The molecule has 3 aliphatic rings. The fourth-order valence-corrected chi connectivity index (χ4v) is 4.15. The van der Waals surface area contributed by atoms with E-state index in [1.165, 1.54) is 54.7 Å². The Hall–Kier alpha value is -0.490. The molecule has 0 spiro atoms. The summed E-state index contributed by atoms with van der Waals surface area (Å²) in [5, 5.41) is 4.82. The van der Waals surface area contributed by atoms with Crippen LogP contribution in [0.15, 0.2) is 0 Å². The Kier molecular flexibility index (Phi) is 4.17. The van der Waals surface area contributed by atoms with Crippen LogP contribution in [0, 0.1) is 6.92 Å². The van der Waals surface area contributed by atoms with Gasteiger partial charge in [0.05, 0.1) is 11.7 Å². The number of fused-ring (bicyclic) bond motifs is 3. The molecule has 4 heterocycles. The minimum Gasteiger partial charge on any atom is -0.312 e. The zero-order valence-corrected chi connectivity index (χ0v) is 12.8. The standard InChI is InChI=1S/C14H24N4S/c1-3-4-15-9-13-11(2)16-14(19-13)12-10-17-5-7-18(12)8-6-17/h12,15H,3-10H2,1-2H3. The number of thiazole rings is 1. The predicted molar refractivity (Wildman–Crippen MR) is 79.6 cm³/mol. The van der Waals surface area contributed by atoms with Gasteiger partial charge in [-0.2, -0.15) is 0 Å². The topological polar surface area (TPSA) is 31.4 Å². The van der Waals surface area contributed by atoms with E-state index in [0.29, 0.717) is 6.04 Å². The Morgan fingerprint density at radius 3 is 2.74 bits per heavy atom. The van der Waals surface area contributed by atoms with Gasteiger partial charge in [-0.05, 0) is 19.9 Å². The van der Waals surface area contributed by atoms with E-state index in [0.717, 1.165) is 13.1 Å². The molecule has 1 aromatic rings. The average Bonchev–Trinajstić information content (AvgIpc) is 2.82. The number of piperazine rings is 3. The van der Waals surface area contributed by atoms with E-state index in [1.807, 2.05) is 11.3 Å². The smallest absolute Gasteiger partial charge is 0.112 e. The van der Waals surface area contributed by atoms with Crippen LogP contribution < -0.4 is 5.32 Å². The van der Waals surface area contributed by atoms with Crippen LogP contribution >= 0.6 is 11.3 Å². The van der Waals surface area contributed by atoms with Crippen molar-refractivity contribution in [2.75, 3.05) is 39.3 Å². The van der Waals surface area contributed by atoms with Crippen LogP contribution in [-0.2, 0) is 6.54 Å². The molecular weight excluding hydrogens is 256 g/mol. The molecule has 4 rings (SSSR count). The van der Waals surface area contributed by atoms with Gasteiger partial charge in [-0.3, -0.25) is 9.80 Å². The molecule has 1 unspecified atom stereocenters. The first-order chi connectivity index (χ1) is 9.28. The zero-order valence-electron chi connectivity index (χ0n) is 12.0. The first-order valence-corrected chi connectivity index (χ1v) is 8.23. The third-order valence-corrected chi connectivity index (χ3v) is 5.44. The van der Waals surface area contributed by atoms with Crippen molar-refractivity contribution in [1.29, 1.82) is 0 Å². The number of aryl methyl sites for hydroxylation is 1. The Bertz CT molecular complexity index is 423. The molecule has 0 aromatic carbocycles.